The summed E-state index contributed by atoms with van der Waals surface area (Å²) >= 11 is 3.41. The molecule has 1 aromatic heterocycles. The zero-order valence-corrected chi connectivity index (χ0v) is 18.9. The fourth-order valence-electron chi connectivity index (χ4n) is 4.14. The fraction of sp³-hybridized carbons (Fsp3) is 0.391. The number of hydrogen-bond donors (Lipinski definition) is 1. The third-order valence-corrected chi connectivity index (χ3v) is 6.40. The Labute approximate surface area is 183 Å². The highest BCUT2D eigenvalue weighted by molar-refractivity contribution is 9.10. The molecule has 1 saturated heterocycles. The number of benzene rings is 2. The summed E-state index contributed by atoms with van der Waals surface area (Å²) in [5.74, 6) is 0.730. The molecule has 30 heavy (non-hydrogen) atoms. The summed E-state index contributed by atoms with van der Waals surface area (Å²) in [6, 6.07) is 8.40. The molecule has 0 saturated carbocycles. The van der Waals surface area contributed by atoms with E-state index in [1.165, 1.54) is 12.1 Å². The Morgan fingerprint density at radius 2 is 2.00 bits per heavy atom. The van der Waals surface area contributed by atoms with Crippen molar-refractivity contribution in [2.24, 2.45) is 7.05 Å². The molecule has 1 N–H and O–H groups in total. The van der Waals surface area contributed by atoms with Crippen LogP contribution in [0.3, 0.4) is 0 Å². The van der Waals surface area contributed by atoms with Crippen LogP contribution in [0.5, 0.6) is 0 Å². The Morgan fingerprint density at radius 1 is 1.27 bits per heavy atom. The average molecular weight is 474 g/mol. The second-order valence-corrected chi connectivity index (χ2v) is 8.82. The maximum atomic E-state index is 13.5. The van der Waals surface area contributed by atoms with Crippen molar-refractivity contribution in [1.82, 2.24) is 9.55 Å². The van der Waals surface area contributed by atoms with E-state index in [0.717, 1.165) is 41.0 Å². The van der Waals surface area contributed by atoms with Gasteiger partial charge in [0.15, 0.2) is 0 Å². The molecule has 3 aromatic rings. The van der Waals surface area contributed by atoms with E-state index in [1.54, 1.807) is 17.7 Å². The monoisotopic (exact) mass is 473 g/mol. The van der Waals surface area contributed by atoms with E-state index >= 15 is 0 Å². The first-order valence-electron chi connectivity index (χ1n) is 10.2. The molecule has 0 bridgehead atoms. The highest BCUT2D eigenvalue weighted by atomic mass is 79.9. The third-order valence-electron chi connectivity index (χ3n) is 5.74. The molecule has 7 heteroatoms. The van der Waals surface area contributed by atoms with Gasteiger partial charge in [0.25, 0.3) is 5.56 Å². The molecule has 0 spiro atoms. The van der Waals surface area contributed by atoms with Crippen molar-refractivity contribution in [1.29, 1.82) is 0 Å². The van der Waals surface area contributed by atoms with Gasteiger partial charge in [-0.1, -0.05) is 6.07 Å². The predicted molar refractivity (Wildman–Crippen MR) is 121 cm³/mol. The van der Waals surface area contributed by atoms with Gasteiger partial charge in [0.1, 0.15) is 11.6 Å². The summed E-state index contributed by atoms with van der Waals surface area (Å²) in [4.78, 5) is 18.2. The van der Waals surface area contributed by atoms with Gasteiger partial charge in [0.05, 0.1) is 16.9 Å². The zero-order chi connectivity index (χ0) is 21.4. The summed E-state index contributed by atoms with van der Waals surface area (Å²) < 4.78 is 21.3. The number of nitrogens with zero attached hydrogens (tertiary/aromatic N) is 2. The Bertz CT molecular complexity index is 1160. The average Bonchev–Trinajstić information content (AvgIpc) is 2.73. The number of nitrogens with one attached hydrogen (secondary N) is 1. The molecule has 0 amide bonds. The maximum absolute atomic E-state index is 13.5. The summed E-state index contributed by atoms with van der Waals surface area (Å²) in [5.41, 5.74) is 3.44. The van der Waals surface area contributed by atoms with Crippen molar-refractivity contribution >= 4 is 32.5 Å². The number of aromatic nitrogens is 2. The molecule has 0 aliphatic carbocycles. The first kappa shape index (κ1) is 21.0. The van der Waals surface area contributed by atoms with E-state index in [1.807, 2.05) is 19.9 Å². The van der Waals surface area contributed by atoms with Gasteiger partial charge >= 0.3 is 0 Å². The largest absolute Gasteiger partial charge is 0.381 e. The second kappa shape index (κ2) is 8.47. The normalized spacial score (nSPS) is 16.0. The van der Waals surface area contributed by atoms with E-state index in [9.17, 15) is 9.18 Å². The maximum Gasteiger partial charge on any atom is 0.261 e. The van der Waals surface area contributed by atoms with Crippen LogP contribution >= 0.6 is 15.9 Å². The molecule has 2 aromatic carbocycles. The zero-order valence-electron chi connectivity index (χ0n) is 17.3. The van der Waals surface area contributed by atoms with Crippen molar-refractivity contribution < 1.29 is 9.13 Å². The molecule has 1 aliphatic rings. The molecule has 4 rings (SSSR count). The highest BCUT2D eigenvalue weighted by Crippen LogP contribution is 2.32. The molecular formula is C23H25BrFN3O2. The van der Waals surface area contributed by atoms with Crippen molar-refractivity contribution in [3.05, 3.63) is 67.9 Å². The van der Waals surface area contributed by atoms with Gasteiger partial charge in [0, 0.05) is 41.9 Å². The second-order valence-electron chi connectivity index (χ2n) is 7.96. The minimum absolute atomic E-state index is 0.0263. The van der Waals surface area contributed by atoms with Crippen LogP contribution in [0.25, 0.3) is 10.9 Å². The smallest absolute Gasteiger partial charge is 0.261 e. The molecule has 1 aliphatic heterocycles. The summed E-state index contributed by atoms with van der Waals surface area (Å²) in [7, 11) is 1.80. The number of rotatable bonds is 4. The van der Waals surface area contributed by atoms with Gasteiger partial charge in [-0.15, -0.1) is 0 Å². The molecule has 1 fully saturated rings. The Hall–Kier alpha value is -2.25. The standard InChI is InChI=1S/C23H25BrFN3O2/c1-13-10-17(14(2)26-20-5-4-16(25)12-19(20)24)21-18(11-13)23(29)28(3)22(27-21)15-6-8-30-9-7-15/h4-5,10-12,14-15,26H,6-9H2,1-3H3/t14-/m1/s1. The van der Waals surface area contributed by atoms with Crippen LogP contribution < -0.4 is 10.9 Å². The lowest BCUT2D eigenvalue weighted by molar-refractivity contribution is 0.0828. The van der Waals surface area contributed by atoms with Gasteiger partial charge in [-0.3, -0.25) is 9.36 Å². The van der Waals surface area contributed by atoms with Crippen molar-refractivity contribution in [3.8, 4) is 0 Å². The third kappa shape index (κ3) is 4.01. The Balaban J connectivity index is 1.82. The van der Waals surface area contributed by atoms with Crippen molar-refractivity contribution in [2.75, 3.05) is 18.5 Å². The van der Waals surface area contributed by atoms with Crippen molar-refractivity contribution in [3.63, 3.8) is 0 Å². The number of ether oxygens (including phenoxy) is 1. The first-order valence-corrected chi connectivity index (χ1v) is 10.9. The molecule has 158 valence electrons. The summed E-state index contributed by atoms with van der Waals surface area (Å²) in [6.45, 7) is 5.39. The summed E-state index contributed by atoms with van der Waals surface area (Å²) in [6.07, 6.45) is 1.73. The first-order chi connectivity index (χ1) is 14.3. The van der Waals surface area contributed by atoms with Gasteiger partial charge in [-0.05, 0) is 72.4 Å². The van der Waals surface area contributed by atoms with Gasteiger partial charge < -0.3 is 10.1 Å². The van der Waals surface area contributed by atoms with E-state index in [2.05, 4.69) is 27.3 Å². The SMILES string of the molecule is Cc1cc([C@@H](C)Nc2ccc(F)cc2Br)c2nc(C3CCOCC3)n(C)c(=O)c2c1. The quantitative estimate of drug-likeness (QED) is 0.564. The number of hydrogen-bond acceptors (Lipinski definition) is 4. The van der Waals surface area contributed by atoms with E-state index in [-0.39, 0.29) is 23.3 Å². The van der Waals surface area contributed by atoms with Gasteiger partial charge in [0.2, 0.25) is 0 Å². The van der Waals surface area contributed by atoms with Crippen LogP contribution in [0.4, 0.5) is 10.1 Å². The van der Waals surface area contributed by atoms with Gasteiger partial charge in [-0.2, -0.15) is 0 Å². The lowest BCUT2D eigenvalue weighted by atomic mass is 9.97. The number of halogens is 2. The molecular weight excluding hydrogens is 449 g/mol. The lowest BCUT2D eigenvalue weighted by Crippen LogP contribution is -2.27. The van der Waals surface area contributed by atoms with Crippen LogP contribution in [0.15, 0.2) is 39.6 Å². The minimum Gasteiger partial charge on any atom is -0.381 e. The molecule has 0 unspecified atom stereocenters. The summed E-state index contributed by atoms with van der Waals surface area (Å²) in [5, 5.41) is 4.04. The lowest BCUT2D eigenvalue weighted by Gasteiger charge is -2.25. The number of anilines is 1. The Kier molecular flexibility index (Phi) is 5.93. The molecule has 0 radical (unpaired) electrons. The molecule has 2 heterocycles. The minimum atomic E-state index is -0.299. The Morgan fingerprint density at radius 3 is 2.70 bits per heavy atom. The van der Waals surface area contributed by atoms with E-state index in [4.69, 9.17) is 9.72 Å². The topological polar surface area (TPSA) is 56.2 Å². The van der Waals surface area contributed by atoms with Crippen LogP contribution in [-0.2, 0) is 11.8 Å². The number of fused-ring (bicyclic) bond motifs is 1. The van der Waals surface area contributed by atoms with E-state index < -0.39 is 0 Å². The highest BCUT2D eigenvalue weighted by Gasteiger charge is 2.23. The van der Waals surface area contributed by atoms with E-state index in [0.29, 0.717) is 23.1 Å². The van der Waals surface area contributed by atoms with Crippen LogP contribution in [0.2, 0.25) is 0 Å². The van der Waals surface area contributed by atoms with Crippen LogP contribution in [-0.4, -0.2) is 22.8 Å². The van der Waals surface area contributed by atoms with Crippen molar-refractivity contribution in [2.45, 2.75) is 38.6 Å². The van der Waals surface area contributed by atoms with Gasteiger partial charge in [-0.25, -0.2) is 9.37 Å². The molecule has 5 nitrogen and oxygen atoms in total. The number of aryl methyl sites for hydroxylation is 1. The van der Waals surface area contributed by atoms with Crippen LogP contribution in [0, 0.1) is 12.7 Å². The predicted octanol–water partition coefficient (Wildman–Crippen LogP) is 5.21. The van der Waals surface area contributed by atoms with Crippen LogP contribution in [0.1, 0.15) is 48.7 Å². The fourth-order valence-corrected chi connectivity index (χ4v) is 4.60. The molecule has 1 atom stereocenters.